The van der Waals surface area contributed by atoms with Gasteiger partial charge in [0.05, 0.1) is 6.04 Å². The van der Waals surface area contributed by atoms with Gasteiger partial charge in [-0.3, -0.25) is 9.69 Å². The maximum atomic E-state index is 13.1. The Morgan fingerprint density at radius 3 is 2.73 bits per heavy atom. The Morgan fingerprint density at radius 2 is 2.05 bits per heavy atom. The van der Waals surface area contributed by atoms with Crippen LogP contribution in [0, 0.1) is 6.92 Å². The predicted molar refractivity (Wildman–Crippen MR) is 88.1 cm³/mol. The van der Waals surface area contributed by atoms with Crippen molar-refractivity contribution in [2.24, 2.45) is 0 Å². The minimum absolute atomic E-state index is 0.0242. The fourth-order valence-electron chi connectivity index (χ4n) is 2.94. The van der Waals surface area contributed by atoms with Gasteiger partial charge < -0.3 is 5.32 Å². The van der Waals surface area contributed by atoms with Crippen molar-refractivity contribution in [2.75, 3.05) is 18.0 Å². The molecule has 2 heterocycles. The summed E-state index contributed by atoms with van der Waals surface area (Å²) in [5.41, 5.74) is 1.73. The molecule has 1 aromatic carbocycles. The second kappa shape index (κ2) is 6.71. The Hall–Kier alpha value is -2.20. The molecule has 1 aliphatic rings. The second-order valence-corrected chi connectivity index (χ2v) is 5.69. The highest BCUT2D eigenvalue weighted by atomic mass is 16.2. The fraction of sp³-hybridized carbons (Fsp3) is 0.333. The third kappa shape index (κ3) is 3.02. The predicted octanol–water partition coefficient (Wildman–Crippen LogP) is 2.79. The van der Waals surface area contributed by atoms with Crippen LogP contribution in [0.3, 0.4) is 0 Å². The largest absolute Gasteiger partial charge is 0.315 e. The molecule has 1 amide bonds. The molecule has 1 saturated heterocycles. The highest BCUT2D eigenvalue weighted by Gasteiger charge is 2.29. The molecule has 0 unspecified atom stereocenters. The lowest BCUT2D eigenvalue weighted by molar-refractivity contribution is 0.0971. The average Bonchev–Trinajstić information content (AvgIpc) is 2.58. The van der Waals surface area contributed by atoms with E-state index in [4.69, 9.17) is 0 Å². The number of amides is 1. The molecule has 0 saturated carbocycles. The van der Waals surface area contributed by atoms with E-state index in [1.54, 1.807) is 6.20 Å². The van der Waals surface area contributed by atoms with E-state index in [1.165, 1.54) is 0 Å². The van der Waals surface area contributed by atoms with Gasteiger partial charge in [-0.1, -0.05) is 24.3 Å². The van der Waals surface area contributed by atoms with E-state index in [2.05, 4.69) is 10.3 Å². The van der Waals surface area contributed by atoms with Crippen LogP contribution in [0.5, 0.6) is 0 Å². The third-order valence-electron chi connectivity index (χ3n) is 4.09. The van der Waals surface area contributed by atoms with E-state index in [0.29, 0.717) is 5.56 Å². The molecule has 1 N–H and O–H groups in total. The normalized spacial score (nSPS) is 18.0. The standard InChI is InChI=1S/C18H21N3O/c1-14-7-5-12-20-17(14)21(16-10-6-11-19-13-16)18(22)15-8-3-2-4-9-15/h2-5,7-9,12,16,19H,6,10-11,13H2,1H3/t16-/m1/s1. The summed E-state index contributed by atoms with van der Waals surface area (Å²) in [6.07, 6.45) is 3.83. The summed E-state index contributed by atoms with van der Waals surface area (Å²) >= 11 is 0. The zero-order valence-corrected chi connectivity index (χ0v) is 12.8. The van der Waals surface area contributed by atoms with E-state index in [0.717, 1.165) is 37.3 Å². The average molecular weight is 295 g/mol. The highest BCUT2D eigenvalue weighted by Crippen LogP contribution is 2.24. The Labute approximate surface area is 131 Å². The quantitative estimate of drug-likeness (QED) is 0.947. The molecule has 1 atom stereocenters. The molecule has 0 bridgehead atoms. The van der Waals surface area contributed by atoms with E-state index in [1.807, 2.05) is 54.3 Å². The summed E-state index contributed by atoms with van der Waals surface area (Å²) in [5.74, 6) is 0.793. The van der Waals surface area contributed by atoms with Crippen molar-refractivity contribution in [3.8, 4) is 0 Å². The van der Waals surface area contributed by atoms with Gasteiger partial charge in [0.1, 0.15) is 5.82 Å². The van der Waals surface area contributed by atoms with E-state index < -0.39 is 0 Å². The van der Waals surface area contributed by atoms with Crippen LogP contribution < -0.4 is 10.2 Å². The first kappa shape index (κ1) is 14.7. The Morgan fingerprint density at radius 1 is 1.23 bits per heavy atom. The number of rotatable bonds is 3. The van der Waals surface area contributed by atoms with Gasteiger partial charge >= 0.3 is 0 Å². The Balaban J connectivity index is 1.99. The number of aryl methyl sites for hydroxylation is 1. The minimum Gasteiger partial charge on any atom is -0.315 e. The van der Waals surface area contributed by atoms with E-state index in [9.17, 15) is 4.79 Å². The lowest BCUT2D eigenvalue weighted by Crippen LogP contribution is -2.49. The number of benzene rings is 1. The number of nitrogens with one attached hydrogen (secondary N) is 1. The zero-order chi connectivity index (χ0) is 15.4. The summed E-state index contributed by atoms with van der Waals surface area (Å²) in [4.78, 5) is 19.4. The van der Waals surface area contributed by atoms with Gasteiger partial charge in [-0.15, -0.1) is 0 Å². The molecule has 1 aliphatic heterocycles. The summed E-state index contributed by atoms with van der Waals surface area (Å²) in [5, 5.41) is 3.39. The Bertz CT molecular complexity index is 636. The number of aromatic nitrogens is 1. The zero-order valence-electron chi connectivity index (χ0n) is 12.8. The number of carbonyl (C=O) groups is 1. The van der Waals surface area contributed by atoms with Gasteiger partial charge in [0, 0.05) is 18.3 Å². The summed E-state index contributed by atoms with van der Waals surface area (Å²) in [6.45, 7) is 3.84. The summed E-state index contributed by atoms with van der Waals surface area (Å²) in [7, 11) is 0. The maximum absolute atomic E-state index is 13.1. The molecule has 22 heavy (non-hydrogen) atoms. The molecule has 4 heteroatoms. The van der Waals surface area contributed by atoms with Crippen LogP contribution >= 0.6 is 0 Å². The van der Waals surface area contributed by atoms with Crippen molar-refractivity contribution in [2.45, 2.75) is 25.8 Å². The first-order valence-electron chi connectivity index (χ1n) is 7.78. The van der Waals surface area contributed by atoms with Gasteiger partial charge in [0.25, 0.3) is 5.91 Å². The van der Waals surface area contributed by atoms with Crippen molar-refractivity contribution >= 4 is 11.7 Å². The van der Waals surface area contributed by atoms with E-state index in [-0.39, 0.29) is 11.9 Å². The van der Waals surface area contributed by atoms with Crippen molar-refractivity contribution < 1.29 is 4.79 Å². The van der Waals surface area contributed by atoms with Crippen LogP contribution in [0.4, 0.5) is 5.82 Å². The van der Waals surface area contributed by atoms with Gasteiger partial charge in [0.2, 0.25) is 0 Å². The fourth-order valence-corrected chi connectivity index (χ4v) is 2.94. The molecule has 3 rings (SSSR count). The SMILES string of the molecule is Cc1cccnc1N(C(=O)c1ccccc1)[C@@H]1CCCNC1. The molecule has 2 aromatic rings. The molecular formula is C18H21N3O. The van der Waals surface area contributed by atoms with Crippen LogP contribution in [-0.2, 0) is 0 Å². The molecular weight excluding hydrogens is 274 g/mol. The smallest absolute Gasteiger partial charge is 0.259 e. The molecule has 1 fully saturated rings. The van der Waals surface area contributed by atoms with Crippen LogP contribution in [0.25, 0.3) is 0 Å². The first-order valence-corrected chi connectivity index (χ1v) is 7.78. The number of pyridine rings is 1. The molecule has 4 nitrogen and oxygen atoms in total. The monoisotopic (exact) mass is 295 g/mol. The first-order chi connectivity index (χ1) is 10.8. The second-order valence-electron chi connectivity index (χ2n) is 5.69. The molecule has 0 radical (unpaired) electrons. The van der Waals surface area contributed by atoms with Crippen molar-refractivity contribution in [3.05, 3.63) is 59.8 Å². The number of anilines is 1. The van der Waals surface area contributed by atoms with Gasteiger partial charge in [-0.05, 0) is 50.1 Å². The van der Waals surface area contributed by atoms with Crippen LogP contribution in [0.15, 0.2) is 48.7 Å². The third-order valence-corrected chi connectivity index (χ3v) is 4.09. The number of hydrogen-bond donors (Lipinski definition) is 1. The topological polar surface area (TPSA) is 45.2 Å². The van der Waals surface area contributed by atoms with Crippen molar-refractivity contribution in [1.29, 1.82) is 0 Å². The molecule has 0 aliphatic carbocycles. The number of piperidine rings is 1. The van der Waals surface area contributed by atoms with Crippen LogP contribution in [-0.4, -0.2) is 30.0 Å². The lowest BCUT2D eigenvalue weighted by atomic mass is 10.0. The Kier molecular flexibility index (Phi) is 4.49. The molecule has 0 spiro atoms. The molecule has 114 valence electrons. The van der Waals surface area contributed by atoms with Crippen molar-refractivity contribution in [3.63, 3.8) is 0 Å². The van der Waals surface area contributed by atoms with Gasteiger partial charge in [-0.25, -0.2) is 4.98 Å². The maximum Gasteiger partial charge on any atom is 0.259 e. The highest BCUT2D eigenvalue weighted by molar-refractivity contribution is 6.06. The van der Waals surface area contributed by atoms with Gasteiger partial charge in [0.15, 0.2) is 0 Å². The molecule has 1 aromatic heterocycles. The van der Waals surface area contributed by atoms with Gasteiger partial charge in [-0.2, -0.15) is 0 Å². The number of nitrogens with zero attached hydrogens (tertiary/aromatic N) is 2. The summed E-state index contributed by atoms with van der Waals surface area (Å²) in [6, 6.07) is 13.5. The summed E-state index contributed by atoms with van der Waals surface area (Å²) < 4.78 is 0. The number of carbonyl (C=O) groups excluding carboxylic acids is 1. The van der Waals surface area contributed by atoms with Crippen LogP contribution in [0.1, 0.15) is 28.8 Å². The van der Waals surface area contributed by atoms with Crippen LogP contribution in [0.2, 0.25) is 0 Å². The minimum atomic E-state index is 0.0242. The van der Waals surface area contributed by atoms with Crippen molar-refractivity contribution in [1.82, 2.24) is 10.3 Å². The lowest BCUT2D eigenvalue weighted by Gasteiger charge is -2.34. The number of hydrogen-bond acceptors (Lipinski definition) is 3. The van der Waals surface area contributed by atoms with E-state index >= 15 is 0 Å².